The van der Waals surface area contributed by atoms with Gasteiger partial charge in [-0.25, -0.2) is 0 Å². The summed E-state index contributed by atoms with van der Waals surface area (Å²) in [6.45, 7) is 1.13. The fourth-order valence-corrected chi connectivity index (χ4v) is 3.34. The number of hydrogen-bond acceptors (Lipinski definition) is 5. The van der Waals surface area contributed by atoms with Gasteiger partial charge < -0.3 is 19.1 Å². The Balaban J connectivity index is 1.48. The molecule has 0 radical (unpaired) electrons. The van der Waals surface area contributed by atoms with Gasteiger partial charge in [0.05, 0.1) is 14.2 Å². The standard InChI is InChI=1S/C25H23NO4/c1-28-22-9-3-18(4-10-22)5-13-24(27)19-6-14-25-20(15-19)16-26(17-30-25)21-7-11-23(29-2)12-8-21/h3-15H,16-17H2,1-2H3/b13-5+. The molecule has 30 heavy (non-hydrogen) atoms. The zero-order valence-electron chi connectivity index (χ0n) is 17.0. The lowest BCUT2D eigenvalue weighted by molar-refractivity contribution is 0.104. The van der Waals surface area contributed by atoms with Gasteiger partial charge in [-0.2, -0.15) is 0 Å². The maximum absolute atomic E-state index is 12.7. The van der Waals surface area contributed by atoms with E-state index in [0.717, 1.165) is 34.1 Å². The SMILES string of the molecule is COc1ccc(/C=C/C(=O)c2ccc3c(c2)CN(c2ccc(OC)cc2)CO3)cc1. The fourth-order valence-electron chi connectivity index (χ4n) is 3.34. The third kappa shape index (κ3) is 4.30. The van der Waals surface area contributed by atoms with Crippen LogP contribution in [-0.2, 0) is 6.54 Å². The van der Waals surface area contributed by atoms with E-state index in [9.17, 15) is 4.79 Å². The zero-order valence-corrected chi connectivity index (χ0v) is 17.0. The predicted molar refractivity (Wildman–Crippen MR) is 117 cm³/mol. The van der Waals surface area contributed by atoms with Crippen molar-refractivity contribution < 1.29 is 19.0 Å². The molecule has 0 amide bonds. The molecule has 0 atom stereocenters. The lowest BCUT2D eigenvalue weighted by Gasteiger charge is -2.31. The molecule has 0 unspecified atom stereocenters. The van der Waals surface area contributed by atoms with E-state index in [1.165, 1.54) is 0 Å². The lowest BCUT2D eigenvalue weighted by Crippen LogP contribution is -2.31. The van der Waals surface area contributed by atoms with E-state index >= 15 is 0 Å². The maximum atomic E-state index is 12.7. The quantitative estimate of drug-likeness (QED) is 0.432. The second-order valence-electron chi connectivity index (χ2n) is 6.96. The number of allylic oxidation sites excluding steroid dienone is 1. The fraction of sp³-hybridized carbons (Fsp3) is 0.160. The Bertz CT molecular complexity index is 1060. The smallest absolute Gasteiger partial charge is 0.185 e. The second kappa shape index (κ2) is 8.74. The highest BCUT2D eigenvalue weighted by molar-refractivity contribution is 6.07. The Hall–Kier alpha value is -3.73. The number of carbonyl (C=O) groups excluding carboxylic acids is 1. The number of ether oxygens (including phenoxy) is 3. The third-order valence-corrected chi connectivity index (χ3v) is 5.06. The van der Waals surface area contributed by atoms with Crippen molar-refractivity contribution >= 4 is 17.5 Å². The van der Waals surface area contributed by atoms with E-state index in [4.69, 9.17) is 14.2 Å². The van der Waals surface area contributed by atoms with Crippen LogP contribution in [0.5, 0.6) is 17.2 Å². The van der Waals surface area contributed by atoms with Gasteiger partial charge in [0.1, 0.15) is 17.2 Å². The number of ketones is 1. The molecule has 0 saturated heterocycles. The van der Waals surface area contributed by atoms with Crippen LogP contribution < -0.4 is 19.1 Å². The first-order chi connectivity index (χ1) is 14.7. The minimum atomic E-state index is -0.0461. The Labute approximate surface area is 176 Å². The third-order valence-electron chi connectivity index (χ3n) is 5.06. The minimum absolute atomic E-state index is 0.0461. The summed E-state index contributed by atoms with van der Waals surface area (Å²) in [6, 6.07) is 21.0. The van der Waals surface area contributed by atoms with Crippen LogP contribution in [0.4, 0.5) is 5.69 Å². The number of methoxy groups -OCH3 is 2. The summed E-state index contributed by atoms with van der Waals surface area (Å²) < 4.78 is 16.3. The molecule has 0 aromatic heterocycles. The van der Waals surface area contributed by atoms with Gasteiger partial charge in [-0.1, -0.05) is 18.2 Å². The first-order valence-corrected chi connectivity index (χ1v) is 9.67. The molecule has 0 spiro atoms. The molecule has 1 aliphatic rings. The second-order valence-corrected chi connectivity index (χ2v) is 6.96. The number of anilines is 1. The molecule has 152 valence electrons. The Morgan fingerprint density at radius 2 is 1.60 bits per heavy atom. The van der Waals surface area contributed by atoms with Crippen LogP contribution in [0.2, 0.25) is 0 Å². The Morgan fingerprint density at radius 3 is 2.27 bits per heavy atom. The number of benzene rings is 3. The van der Waals surface area contributed by atoms with Crippen LogP contribution in [0, 0.1) is 0 Å². The van der Waals surface area contributed by atoms with Crippen LogP contribution in [0.1, 0.15) is 21.5 Å². The topological polar surface area (TPSA) is 48.0 Å². The molecular weight excluding hydrogens is 378 g/mol. The number of carbonyl (C=O) groups is 1. The van der Waals surface area contributed by atoms with Crippen molar-refractivity contribution in [2.45, 2.75) is 6.54 Å². The molecule has 1 heterocycles. The largest absolute Gasteiger partial charge is 0.497 e. The highest BCUT2D eigenvalue weighted by Crippen LogP contribution is 2.30. The molecule has 0 saturated carbocycles. The first-order valence-electron chi connectivity index (χ1n) is 9.67. The average Bonchev–Trinajstić information content (AvgIpc) is 2.82. The van der Waals surface area contributed by atoms with Gasteiger partial charge in [0.25, 0.3) is 0 Å². The molecule has 0 bridgehead atoms. The van der Waals surface area contributed by atoms with Gasteiger partial charge in [0, 0.05) is 23.4 Å². The minimum Gasteiger partial charge on any atom is -0.497 e. The summed E-state index contributed by atoms with van der Waals surface area (Å²) in [7, 11) is 3.28. The highest BCUT2D eigenvalue weighted by Gasteiger charge is 2.19. The van der Waals surface area contributed by atoms with E-state index in [-0.39, 0.29) is 5.78 Å². The summed E-state index contributed by atoms with van der Waals surface area (Å²) >= 11 is 0. The Morgan fingerprint density at radius 1 is 0.933 bits per heavy atom. The highest BCUT2D eigenvalue weighted by atomic mass is 16.5. The number of nitrogens with zero attached hydrogens (tertiary/aromatic N) is 1. The van der Waals surface area contributed by atoms with Gasteiger partial charge in [0.2, 0.25) is 0 Å². The van der Waals surface area contributed by atoms with Gasteiger partial charge in [-0.3, -0.25) is 4.79 Å². The molecule has 1 aliphatic heterocycles. The molecule has 4 rings (SSSR count). The molecule has 3 aromatic rings. The maximum Gasteiger partial charge on any atom is 0.185 e. The summed E-state index contributed by atoms with van der Waals surface area (Å²) in [6.07, 6.45) is 3.40. The van der Waals surface area contributed by atoms with E-state index in [0.29, 0.717) is 18.8 Å². The van der Waals surface area contributed by atoms with Crippen LogP contribution in [-0.4, -0.2) is 26.7 Å². The Kier molecular flexibility index (Phi) is 5.70. The van der Waals surface area contributed by atoms with Crippen molar-refractivity contribution in [3.63, 3.8) is 0 Å². The summed E-state index contributed by atoms with van der Waals surface area (Å²) in [4.78, 5) is 14.8. The summed E-state index contributed by atoms with van der Waals surface area (Å²) in [5, 5.41) is 0. The molecule has 3 aromatic carbocycles. The molecule has 0 aliphatic carbocycles. The lowest BCUT2D eigenvalue weighted by atomic mass is 10.0. The van der Waals surface area contributed by atoms with E-state index in [2.05, 4.69) is 4.90 Å². The predicted octanol–water partition coefficient (Wildman–Crippen LogP) is 4.96. The number of rotatable bonds is 6. The molecule has 5 heteroatoms. The van der Waals surface area contributed by atoms with Crippen molar-refractivity contribution in [2.75, 3.05) is 25.9 Å². The van der Waals surface area contributed by atoms with Gasteiger partial charge in [-0.05, 0) is 66.2 Å². The van der Waals surface area contributed by atoms with Crippen molar-refractivity contribution in [1.82, 2.24) is 0 Å². The average molecular weight is 401 g/mol. The monoisotopic (exact) mass is 401 g/mol. The summed E-state index contributed by atoms with van der Waals surface area (Å²) in [5.41, 5.74) is 3.60. The van der Waals surface area contributed by atoms with E-state index < -0.39 is 0 Å². The van der Waals surface area contributed by atoms with Crippen molar-refractivity contribution in [2.24, 2.45) is 0 Å². The van der Waals surface area contributed by atoms with Gasteiger partial charge >= 0.3 is 0 Å². The zero-order chi connectivity index (χ0) is 20.9. The van der Waals surface area contributed by atoms with Crippen molar-refractivity contribution in [3.05, 3.63) is 89.5 Å². The van der Waals surface area contributed by atoms with Crippen molar-refractivity contribution in [3.8, 4) is 17.2 Å². The number of hydrogen-bond donors (Lipinski definition) is 0. The van der Waals surface area contributed by atoms with Crippen molar-refractivity contribution in [1.29, 1.82) is 0 Å². The molecule has 0 N–H and O–H groups in total. The van der Waals surface area contributed by atoms with E-state index in [1.807, 2.05) is 66.7 Å². The molecule has 0 fully saturated rings. The van der Waals surface area contributed by atoms with E-state index in [1.54, 1.807) is 26.4 Å². The van der Waals surface area contributed by atoms with Gasteiger partial charge in [0.15, 0.2) is 12.5 Å². The molecule has 5 nitrogen and oxygen atoms in total. The van der Waals surface area contributed by atoms with Crippen LogP contribution in [0.25, 0.3) is 6.08 Å². The van der Waals surface area contributed by atoms with Crippen LogP contribution in [0.15, 0.2) is 72.8 Å². The van der Waals surface area contributed by atoms with Crippen LogP contribution in [0.3, 0.4) is 0 Å². The first kappa shape index (κ1) is 19.6. The van der Waals surface area contributed by atoms with Crippen LogP contribution >= 0.6 is 0 Å². The number of fused-ring (bicyclic) bond motifs is 1. The normalized spacial score (nSPS) is 12.9. The molecular formula is C25H23NO4. The summed E-state index contributed by atoms with van der Waals surface area (Å²) in [5.74, 6) is 2.37. The van der Waals surface area contributed by atoms with Gasteiger partial charge in [-0.15, -0.1) is 0 Å².